The number of carbonyl (C=O) groups excluding carboxylic acids is 1. The van der Waals surface area contributed by atoms with E-state index in [-0.39, 0.29) is 23.8 Å². The molecule has 1 saturated heterocycles. The number of aryl methyl sites for hydroxylation is 2. The summed E-state index contributed by atoms with van der Waals surface area (Å²) in [5.41, 5.74) is 3.15. The number of nitrogens with one attached hydrogen (secondary N) is 2. The van der Waals surface area contributed by atoms with Crippen molar-refractivity contribution < 1.29 is 4.79 Å². The van der Waals surface area contributed by atoms with E-state index in [0.717, 1.165) is 41.9 Å². The Kier molecular flexibility index (Phi) is 4.14. The van der Waals surface area contributed by atoms with Crippen molar-refractivity contribution in [2.24, 2.45) is 7.05 Å². The van der Waals surface area contributed by atoms with E-state index < -0.39 is 0 Å². The van der Waals surface area contributed by atoms with Crippen LogP contribution in [-0.2, 0) is 18.3 Å². The van der Waals surface area contributed by atoms with Crippen LogP contribution in [0.4, 0.5) is 0 Å². The zero-order valence-electron chi connectivity index (χ0n) is 15.1. The lowest BCUT2D eigenvalue weighted by molar-refractivity contribution is -0.131. The van der Waals surface area contributed by atoms with Crippen LogP contribution in [-0.4, -0.2) is 43.6 Å². The minimum atomic E-state index is -0.209. The number of amides is 1. The van der Waals surface area contributed by atoms with Gasteiger partial charge >= 0.3 is 0 Å². The number of piperidine rings is 1. The molecule has 1 unspecified atom stereocenters. The molecule has 3 heterocycles. The van der Waals surface area contributed by atoms with Crippen LogP contribution in [0.2, 0.25) is 0 Å². The van der Waals surface area contributed by atoms with E-state index in [1.807, 2.05) is 30.1 Å². The van der Waals surface area contributed by atoms with Gasteiger partial charge in [0.15, 0.2) is 0 Å². The van der Waals surface area contributed by atoms with E-state index in [1.54, 1.807) is 6.92 Å². The second-order valence-corrected chi connectivity index (χ2v) is 7.06. The maximum Gasteiger partial charge on any atom is 0.267 e. The van der Waals surface area contributed by atoms with Crippen LogP contribution in [0.15, 0.2) is 29.1 Å². The number of aromatic amines is 2. The molecule has 1 atom stereocenters. The van der Waals surface area contributed by atoms with E-state index in [9.17, 15) is 9.59 Å². The predicted octanol–water partition coefficient (Wildman–Crippen LogP) is 1.85. The molecule has 0 saturated carbocycles. The number of H-pyrrole nitrogens is 2. The Morgan fingerprint density at radius 2 is 2.12 bits per heavy atom. The van der Waals surface area contributed by atoms with Crippen LogP contribution < -0.4 is 5.56 Å². The van der Waals surface area contributed by atoms with Crippen molar-refractivity contribution in [3.8, 4) is 0 Å². The lowest BCUT2D eigenvalue weighted by Crippen LogP contribution is -2.41. The number of carbonyl (C=O) groups is 1. The molecule has 0 spiro atoms. The lowest BCUT2D eigenvalue weighted by atomic mass is 9.96. The van der Waals surface area contributed by atoms with Gasteiger partial charge in [-0.15, -0.1) is 0 Å². The maximum atomic E-state index is 12.7. The van der Waals surface area contributed by atoms with Crippen molar-refractivity contribution in [2.75, 3.05) is 13.1 Å². The van der Waals surface area contributed by atoms with Gasteiger partial charge in [-0.3, -0.25) is 14.7 Å². The minimum Gasteiger partial charge on any atom is -0.342 e. The number of imidazole rings is 1. The number of rotatable bonds is 3. The number of nitrogens with zero attached hydrogens (tertiary/aromatic N) is 3. The molecule has 1 aliphatic rings. The summed E-state index contributed by atoms with van der Waals surface area (Å²) in [6.07, 6.45) is 2.10. The Hall–Kier alpha value is -2.83. The standard InChI is InChI=1S/C19H23N5O2/c1-12-14(19(26)22-21-12)10-17(25)24-9-5-6-13(11-24)18-20-15-7-3-4-8-16(15)23(18)2/h3-4,7-8,13H,5-6,9-11H2,1-2H3,(H2,21,22,26). The molecular formula is C19H23N5O2. The van der Waals surface area contributed by atoms with Gasteiger partial charge in [0.25, 0.3) is 5.56 Å². The molecule has 1 aliphatic heterocycles. The van der Waals surface area contributed by atoms with Gasteiger partial charge in [-0.1, -0.05) is 12.1 Å². The van der Waals surface area contributed by atoms with Crippen LogP contribution in [0.25, 0.3) is 11.0 Å². The van der Waals surface area contributed by atoms with Crippen molar-refractivity contribution in [3.05, 3.63) is 51.7 Å². The maximum absolute atomic E-state index is 12.7. The molecule has 0 bridgehead atoms. The third-order valence-corrected chi connectivity index (χ3v) is 5.38. The fourth-order valence-electron chi connectivity index (χ4n) is 3.89. The average molecular weight is 353 g/mol. The van der Waals surface area contributed by atoms with E-state index in [2.05, 4.69) is 20.8 Å². The second-order valence-electron chi connectivity index (χ2n) is 7.06. The molecule has 26 heavy (non-hydrogen) atoms. The molecule has 4 rings (SSSR count). The van der Waals surface area contributed by atoms with Gasteiger partial charge in [0, 0.05) is 37.3 Å². The Balaban J connectivity index is 1.54. The first kappa shape index (κ1) is 16.6. The summed E-state index contributed by atoms with van der Waals surface area (Å²) >= 11 is 0. The second kappa shape index (κ2) is 6.48. The summed E-state index contributed by atoms with van der Waals surface area (Å²) in [7, 11) is 2.04. The molecule has 0 aliphatic carbocycles. The van der Waals surface area contributed by atoms with E-state index in [1.165, 1.54) is 0 Å². The summed E-state index contributed by atoms with van der Waals surface area (Å²) in [5.74, 6) is 1.25. The van der Waals surface area contributed by atoms with E-state index >= 15 is 0 Å². The molecule has 1 amide bonds. The fraction of sp³-hybridized carbons (Fsp3) is 0.421. The Morgan fingerprint density at radius 3 is 2.85 bits per heavy atom. The van der Waals surface area contributed by atoms with Crippen molar-refractivity contribution in [1.82, 2.24) is 24.6 Å². The van der Waals surface area contributed by atoms with Gasteiger partial charge in [-0.05, 0) is 31.9 Å². The topological polar surface area (TPSA) is 86.8 Å². The van der Waals surface area contributed by atoms with E-state index in [0.29, 0.717) is 12.1 Å². The van der Waals surface area contributed by atoms with E-state index in [4.69, 9.17) is 4.98 Å². The number of hydrogen-bond acceptors (Lipinski definition) is 3. The van der Waals surface area contributed by atoms with Gasteiger partial charge < -0.3 is 14.6 Å². The molecule has 1 aromatic carbocycles. The first-order valence-electron chi connectivity index (χ1n) is 9.00. The number of hydrogen-bond donors (Lipinski definition) is 2. The molecule has 3 aromatic rings. The third kappa shape index (κ3) is 2.83. The minimum absolute atomic E-state index is 0.00154. The van der Waals surface area contributed by atoms with Crippen molar-refractivity contribution in [3.63, 3.8) is 0 Å². The van der Waals surface area contributed by atoms with Crippen molar-refractivity contribution >= 4 is 16.9 Å². The molecule has 7 nitrogen and oxygen atoms in total. The lowest BCUT2D eigenvalue weighted by Gasteiger charge is -2.32. The number of aromatic nitrogens is 4. The Morgan fingerprint density at radius 1 is 1.31 bits per heavy atom. The number of para-hydroxylation sites is 2. The molecule has 1 fully saturated rings. The van der Waals surface area contributed by atoms with Crippen molar-refractivity contribution in [2.45, 2.75) is 32.1 Å². The van der Waals surface area contributed by atoms with Crippen LogP contribution in [0.3, 0.4) is 0 Å². The number of likely N-dealkylation sites (tertiary alicyclic amines) is 1. The van der Waals surface area contributed by atoms with Gasteiger partial charge in [0.2, 0.25) is 5.91 Å². The smallest absolute Gasteiger partial charge is 0.267 e. The van der Waals surface area contributed by atoms with Crippen molar-refractivity contribution in [1.29, 1.82) is 0 Å². The number of benzene rings is 1. The monoisotopic (exact) mass is 353 g/mol. The summed E-state index contributed by atoms with van der Waals surface area (Å²) in [6, 6.07) is 8.10. The molecule has 2 N–H and O–H groups in total. The first-order chi connectivity index (χ1) is 12.5. The quantitative estimate of drug-likeness (QED) is 0.753. The fourth-order valence-corrected chi connectivity index (χ4v) is 3.89. The molecule has 2 aromatic heterocycles. The number of fused-ring (bicyclic) bond motifs is 1. The molecule has 7 heteroatoms. The highest BCUT2D eigenvalue weighted by atomic mass is 16.2. The molecule has 0 radical (unpaired) electrons. The van der Waals surface area contributed by atoms with Gasteiger partial charge in [-0.2, -0.15) is 0 Å². The Labute approximate surface area is 151 Å². The third-order valence-electron chi connectivity index (χ3n) is 5.38. The van der Waals surface area contributed by atoms with Crippen LogP contribution in [0.5, 0.6) is 0 Å². The summed E-state index contributed by atoms with van der Waals surface area (Å²) in [4.78, 5) is 31.2. The zero-order valence-corrected chi connectivity index (χ0v) is 15.1. The SMILES string of the molecule is Cc1[nH][nH]c(=O)c1CC(=O)N1CCCC(c2nc3ccccc3n2C)C1. The zero-order chi connectivity index (χ0) is 18.3. The largest absolute Gasteiger partial charge is 0.342 e. The average Bonchev–Trinajstić information content (AvgIpc) is 3.16. The molecule has 136 valence electrons. The van der Waals surface area contributed by atoms with Gasteiger partial charge in [0.05, 0.1) is 17.5 Å². The Bertz CT molecular complexity index is 1010. The van der Waals surface area contributed by atoms with Crippen LogP contribution in [0.1, 0.15) is 35.8 Å². The highest BCUT2D eigenvalue weighted by molar-refractivity contribution is 5.79. The van der Waals surface area contributed by atoms with Crippen LogP contribution >= 0.6 is 0 Å². The highest BCUT2D eigenvalue weighted by Gasteiger charge is 2.28. The summed E-state index contributed by atoms with van der Waals surface area (Å²) in [6.45, 7) is 3.19. The van der Waals surface area contributed by atoms with Gasteiger partial charge in [0.1, 0.15) is 5.82 Å². The predicted molar refractivity (Wildman–Crippen MR) is 99.1 cm³/mol. The summed E-state index contributed by atoms with van der Waals surface area (Å²) in [5, 5.41) is 5.32. The first-order valence-corrected chi connectivity index (χ1v) is 9.00. The highest BCUT2D eigenvalue weighted by Crippen LogP contribution is 2.28. The van der Waals surface area contributed by atoms with Crippen LogP contribution in [0, 0.1) is 6.92 Å². The van der Waals surface area contributed by atoms with Gasteiger partial charge in [-0.25, -0.2) is 4.98 Å². The summed E-state index contributed by atoms with van der Waals surface area (Å²) < 4.78 is 2.13. The normalized spacial score (nSPS) is 17.8. The molecular weight excluding hydrogens is 330 g/mol.